The van der Waals surface area contributed by atoms with Crippen LogP contribution in [0.25, 0.3) is 6.08 Å². The Balaban J connectivity index is 3.20. The Labute approximate surface area is 94.1 Å². The molecule has 0 saturated heterocycles. The maximum Gasteiger partial charge on any atom is 0.331 e. The molecule has 86 valence electrons. The monoisotopic (exact) mass is 240 g/mol. The molecule has 0 radical (unpaired) electrons. The van der Waals surface area contributed by atoms with Crippen molar-refractivity contribution in [2.24, 2.45) is 0 Å². The van der Waals surface area contributed by atoms with Crippen LogP contribution in [0.2, 0.25) is 0 Å². The summed E-state index contributed by atoms with van der Waals surface area (Å²) >= 11 is 0. The number of hydrogen-bond acceptors (Lipinski definition) is 3. The second-order valence-corrected chi connectivity index (χ2v) is 5.49. The molecule has 0 atom stereocenters. The Kier molecular flexibility index (Phi) is 3.49. The first kappa shape index (κ1) is 12.4. The van der Waals surface area contributed by atoms with Crippen molar-refractivity contribution in [1.29, 1.82) is 0 Å². The molecule has 0 aromatic heterocycles. The van der Waals surface area contributed by atoms with Crippen LogP contribution in [-0.4, -0.2) is 25.7 Å². The van der Waals surface area contributed by atoms with Gasteiger partial charge in [0.1, 0.15) is 0 Å². The minimum Gasteiger partial charge on any atom is -0.478 e. The van der Waals surface area contributed by atoms with Crippen LogP contribution in [0.3, 0.4) is 0 Å². The molecule has 16 heavy (non-hydrogen) atoms. The van der Waals surface area contributed by atoms with Gasteiger partial charge in [-0.15, -0.1) is 0 Å². The SMILES string of the molecule is CC(=Cc1cccc(S(C)(=O)=O)c1)C(=O)O. The number of hydrogen-bond donors (Lipinski definition) is 1. The average Bonchev–Trinajstić information content (AvgIpc) is 2.16. The average molecular weight is 240 g/mol. The molecule has 0 saturated carbocycles. The van der Waals surface area contributed by atoms with E-state index in [-0.39, 0.29) is 10.5 Å². The predicted octanol–water partition coefficient (Wildman–Crippen LogP) is 1.58. The van der Waals surface area contributed by atoms with Crippen molar-refractivity contribution in [2.45, 2.75) is 11.8 Å². The van der Waals surface area contributed by atoms with E-state index in [0.29, 0.717) is 5.56 Å². The van der Waals surface area contributed by atoms with E-state index < -0.39 is 15.8 Å². The molecule has 0 fully saturated rings. The van der Waals surface area contributed by atoms with E-state index in [1.807, 2.05) is 0 Å². The van der Waals surface area contributed by atoms with Crippen LogP contribution in [-0.2, 0) is 14.6 Å². The van der Waals surface area contributed by atoms with Gasteiger partial charge in [-0.25, -0.2) is 13.2 Å². The first-order chi connectivity index (χ1) is 7.30. The number of carboxylic acid groups (broad SMARTS) is 1. The molecule has 4 nitrogen and oxygen atoms in total. The highest BCUT2D eigenvalue weighted by Crippen LogP contribution is 2.14. The molecule has 1 aromatic rings. The molecular weight excluding hydrogens is 228 g/mol. The normalized spacial score (nSPS) is 12.5. The Bertz CT molecular complexity index is 541. The van der Waals surface area contributed by atoms with Gasteiger partial charge in [-0.3, -0.25) is 0 Å². The molecule has 0 aliphatic heterocycles. The fourth-order valence-electron chi connectivity index (χ4n) is 1.15. The van der Waals surface area contributed by atoms with Crippen molar-refractivity contribution in [1.82, 2.24) is 0 Å². The molecule has 0 aliphatic rings. The topological polar surface area (TPSA) is 71.4 Å². The molecule has 0 amide bonds. The maximum absolute atomic E-state index is 11.3. The van der Waals surface area contributed by atoms with E-state index in [9.17, 15) is 13.2 Å². The lowest BCUT2D eigenvalue weighted by Crippen LogP contribution is -1.98. The minimum atomic E-state index is -3.26. The van der Waals surface area contributed by atoms with Crippen LogP contribution in [0.4, 0.5) is 0 Å². The summed E-state index contributed by atoms with van der Waals surface area (Å²) in [7, 11) is -3.26. The fraction of sp³-hybridized carbons (Fsp3) is 0.182. The number of rotatable bonds is 3. The van der Waals surface area contributed by atoms with Gasteiger partial charge in [0.2, 0.25) is 0 Å². The van der Waals surface area contributed by atoms with Crippen molar-refractivity contribution in [3.8, 4) is 0 Å². The molecule has 0 aliphatic carbocycles. The lowest BCUT2D eigenvalue weighted by atomic mass is 10.1. The van der Waals surface area contributed by atoms with E-state index in [1.54, 1.807) is 12.1 Å². The highest BCUT2D eigenvalue weighted by molar-refractivity contribution is 7.90. The smallest absolute Gasteiger partial charge is 0.331 e. The van der Waals surface area contributed by atoms with Gasteiger partial charge in [-0.2, -0.15) is 0 Å². The molecule has 0 heterocycles. The zero-order chi connectivity index (χ0) is 12.3. The number of carbonyl (C=O) groups is 1. The molecule has 1 N–H and O–H groups in total. The third-order valence-corrected chi connectivity index (χ3v) is 3.12. The first-order valence-electron chi connectivity index (χ1n) is 4.52. The van der Waals surface area contributed by atoms with Gasteiger partial charge in [0.05, 0.1) is 4.90 Å². The van der Waals surface area contributed by atoms with E-state index >= 15 is 0 Å². The van der Waals surface area contributed by atoms with Gasteiger partial charge in [0, 0.05) is 11.8 Å². The lowest BCUT2D eigenvalue weighted by molar-refractivity contribution is -0.132. The first-order valence-corrected chi connectivity index (χ1v) is 6.41. The fourth-order valence-corrected chi connectivity index (χ4v) is 1.82. The second-order valence-electron chi connectivity index (χ2n) is 3.48. The van der Waals surface area contributed by atoms with Gasteiger partial charge in [0.25, 0.3) is 0 Å². The second kappa shape index (κ2) is 4.49. The maximum atomic E-state index is 11.3. The molecule has 0 bridgehead atoms. The van der Waals surface area contributed by atoms with E-state index in [2.05, 4.69) is 0 Å². The van der Waals surface area contributed by atoms with Crippen LogP contribution in [0, 0.1) is 0 Å². The molecule has 5 heteroatoms. The molecule has 1 aromatic carbocycles. The zero-order valence-electron chi connectivity index (χ0n) is 8.97. The van der Waals surface area contributed by atoms with E-state index in [4.69, 9.17) is 5.11 Å². The van der Waals surface area contributed by atoms with Gasteiger partial charge in [0.15, 0.2) is 9.84 Å². The van der Waals surface area contributed by atoms with Crippen molar-refractivity contribution in [2.75, 3.05) is 6.26 Å². The molecular formula is C11H12O4S. The van der Waals surface area contributed by atoms with Crippen molar-refractivity contribution < 1.29 is 18.3 Å². The lowest BCUT2D eigenvalue weighted by Gasteiger charge is -2.00. The van der Waals surface area contributed by atoms with Crippen LogP contribution >= 0.6 is 0 Å². The standard InChI is InChI=1S/C11H12O4S/c1-8(11(12)13)6-9-4-3-5-10(7-9)16(2,14)15/h3-7H,1-2H3,(H,12,13). The summed E-state index contributed by atoms with van der Waals surface area (Å²) in [6, 6.07) is 6.16. The molecule has 0 unspecified atom stereocenters. The number of sulfone groups is 1. The third-order valence-electron chi connectivity index (χ3n) is 2.01. The molecule has 1 rings (SSSR count). The van der Waals surface area contributed by atoms with Crippen molar-refractivity contribution in [3.05, 3.63) is 35.4 Å². The van der Waals surface area contributed by atoms with E-state index in [0.717, 1.165) is 6.26 Å². The Hall–Kier alpha value is -1.62. The molecule has 0 spiro atoms. The largest absolute Gasteiger partial charge is 0.478 e. The zero-order valence-corrected chi connectivity index (χ0v) is 9.78. The number of benzene rings is 1. The summed E-state index contributed by atoms with van der Waals surface area (Å²) in [5, 5.41) is 8.69. The highest BCUT2D eigenvalue weighted by atomic mass is 32.2. The summed E-state index contributed by atoms with van der Waals surface area (Å²) in [4.78, 5) is 10.8. The summed E-state index contributed by atoms with van der Waals surface area (Å²) in [5.74, 6) is -1.02. The minimum absolute atomic E-state index is 0.158. The Morgan fingerprint density at radius 1 is 1.38 bits per heavy atom. The summed E-state index contributed by atoms with van der Waals surface area (Å²) in [5.41, 5.74) is 0.716. The van der Waals surface area contributed by atoms with E-state index in [1.165, 1.54) is 25.1 Å². The van der Waals surface area contributed by atoms with Crippen molar-refractivity contribution in [3.63, 3.8) is 0 Å². The summed E-state index contributed by atoms with van der Waals surface area (Å²) in [6.45, 7) is 1.45. The Morgan fingerprint density at radius 3 is 2.50 bits per heavy atom. The van der Waals surface area contributed by atoms with Gasteiger partial charge < -0.3 is 5.11 Å². The van der Waals surface area contributed by atoms with Crippen LogP contribution in [0.15, 0.2) is 34.7 Å². The highest BCUT2D eigenvalue weighted by Gasteiger charge is 2.07. The van der Waals surface area contributed by atoms with Gasteiger partial charge >= 0.3 is 5.97 Å². The summed E-state index contributed by atoms with van der Waals surface area (Å²) in [6.07, 6.45) is 2.54. The van der Waals surface area contributed by atoms with Crippen LogP contribution in [0.1, 0.15) is 12.5 Å². The van der Waals surface area contributed by atoms with Crippen molar-refractivity contribution >= 4 is 21.9 Å². The summed E-state index contributed by atoms with van der Waals surface area (Å²) < 4.78 is 22.5. The van der Waals surface area contributed by atoms with Gasteiger partial charge in [-0.05, 0) is 30.7 Å². The Morgan fingerprint density at radius 2 is 2.00 bits per heavy atom. The van der Waals surface area contributed by atoms with Crippen LogP contribution < -0.4 is 0 Å². The predicted molar refractivity (Wildman–Crippen MR) is 60.8 cm³/mol. The van der Waals surface area contributed by atoms with Crippen LogP contribution in [0.5, 0.6) is 0 Å². The van der Waals surface area contributed by atoms with Gasteiger partial charge in [-0.1, -0.05) is 12.1 Å². The number of carboxylic acids is 1. The quantitative estimate of drug-likeness (QED) is 0.814. The third kappa shape index (κ3) is 3.20. The number of aliphatic carboxylic acids is 1.